The third kappa shape index (κ3) is 3.47. The van der Waals surface area contributed by atoms with E-state index in [1.54, 1.807) is 0 Å². The van der Waals surface area contributed by atoms with E-state index in [0.29, 0.717) is 5.25 Å². The molecule has 1 N–H and O–H groups in total. The molecule has 0 spiro atoms. The number of rotatable bonds is 4. The highest BCUT2D eigenvalue weighted by molar-refractivity contribution is 8.00. The van der Waals surface area contributed by atoms with Crippen molar-refractivity contribution in [1.82, 2.24) is 0 Å². The summed E-state index contributed by atoms with van der Waals surface area (Å²) >= 11 is 4.07. The molecule has 0 unspecified atom stereocenters. The summed E-state index contributed by atoms with van der Waals surface area (Å²) in [4.78, 5) is 2.97. The fourth-order valence-electron chi connectivity index (χ4n) is 2.63. The van der Waals surface area contributed by atoms with E-state index in [2.05, 4.69) is 74.4 Å². The van der Waals surface area contributed by atoms with Crippen molar-refractivity contribution >= 4 is 23.5 Å². The Balaban J connectivity index is 1.95. The molecule has 1 nitrogen and oxygen atoms in total. The number of fused-ring (bicyclic) bond motifs is 2. The molecule has 0 saturated heterocycles. The van der Waals surface area contributed by atoms with E-state index in [-0.39, 0.29) is 0 Å². The van der Waals surface area contributed by atoms with Crippen molar-refractivity contribution in [2.45, 2.75) is 15.9 Å². The Kier molecular flexibility index (Phi) is 4.94. The van der Waals surface area contributed by atoms with E-state index < -0.39 is 0 Å². The quantitative estimate of drug-likeness (QED) is 0.923. The van der Waals surface area contributed by atoms with Crippen molar-refractivity contribution in [2.24, 2.45) is 0 Å². The molecule has 1 aliphatic heterocycles. The molecule has 0 amide bonds. The maximum Gasteiger partial charge on any atom is 0.0859 e. The van der Waals surface area contributed by atoms with Gasteiger partial charge in [-0.15, -0.1) is 23.5 Å². The van der Waals surface area contributed by atoms with Gasteiger partial charge in [-0.2, -0.15) is 0 Å². The highest BCUT2D eigenvalue weighted by Gasteiger charge is 2.23. The van der Waals surface area contributed by atoms with Crippen molar-refractivity contribution in [1.29, 1.82) is 0 Å². The molecule has 1 aliphatic rings. The summed E-state index contributed by atoms with van der Waals surface area (Å²) in [6.45, 7) is 1.21. The second kappa shape index (κ2) is 6.91. The first kappa shape index (κ1) is 15.0. The molecule has 2 aromatic rings. The van der Waals surface area contributed by atoms with Crippen LogP contribution in [0, 0.1) is 0 Å². The van der Waals surface area contributed by atoms with E-state index in [9.17, 15) is 0 Å². The van der Waals surface area contributed by atoms with Gasteiger partial charge in [-0.3, -0.25) is 0 Å². The fourth-order valence-corrected chi connectivity index (χ4v) is 5.37. The molecule has 0 radical (unpaired) electrons. The van der Waals surface area contributed by atoms with Gasteiger partial charge in [-0.05, 0) is 22.8 Å². The monoisotopic (exact) mass is 316 g/mol. The third-order valence-corrected chi connectivity index (χ3v) is 6.23. The van der Waals surface area contributed by atoms with Gasteiger partial charge in [0, 0.05) is 16.4 Å². The number of hydrogen-bond donors (Lipinski definition) is 1. The largest absolute Gasteiger partial charge is 0.339 e. The van der Waals surface area contributed by atoms with Gasteiger partial charge in [0.25, 0.3) is 0 Å². The molecule has 1 atom stereocenters. The van der Waals surface area contributed by atoms with Crippen molar-refractivity contribution in [2.75, 3.05) is 26.4 Å². The number of hydrogen-bond acceptors (Lipinski definition) is 2. The number of thioether (sulfide) groups is 2. The molecule has 0 aliphatic carbocycles. The summed E-state index contributed by atoms with van der Waals surface area (Å²) in [6.07, 6.45) is 0. The van der Waals surface area contributed by atoms with Crippen LogP contribution >= 0.6 is 23.5 Å². The van der Waals surface area contributed by atoms with Crippen LogP contribution in [0.5, 0.6) is 0 Å². The zero-order valence-corrected chi connectivity index (χ0v) is 14.3. The van der Waals surface area contributed by atoms with E-state index in [0.717, 1.165) is 5.75 Å². The van der Waals surface area contributed by atoms with E-state index >= 15 is 0 Å². The molecule has 21 heavy (non-hydrogen) atoms. The van der Waals surface area contributed by atoms with Gasteiger partial charge in [-0.1, -0.05) is 42.5 Å². The Hall–Kier alpha value is -0.900. The zero-order chi connectivity index (χ0) is 14.7. The van der Waals surface area contributed by atoms with Crippen LogP contribution in [0.2, 0.25) is 0 Å². The Morgan fingerprint density at radius 1 is 1.05 bits per heavy atom. The lowest BCUT2D eigenvalue weighted by Crippen LogP contribution is -3.06. The molecule has 1 heterocycles. The standard InChI is InChI=1S/C18H21NS2/c1-19(2)11-12-20-18-15-8-4-3-7-14(15)13-21-17-10-6-5-9-16(17)18/h3-10,18H,11-13H2,1-2H3/p+1/t18-/m1/s1. The first-order valence-corrected chi connectivity index (χ1v) is 9.49. The van der Waals surface area contributed by atoms with E-state index in [4.69, 9.17) is 0 Å². The minimum absolute atomic E-state index is 0.478. The summed E-state index contributed by atoms with van der Waals surface area (Å²) in [7, 11) is 4.46. The Morgan fingerprint density at radius 3 is 2.57 bits per heavy atom. The molecule has 0 bridgehead atoms. The van der Waals surface area contributed by atoms with Crippen LogP contribution in [0.25, 0.3) is 0 Å². The van der Waals surface area contributed by atoms with Crippen LogP contribution in [0.4, 0.5) is 0 Å². The molecule has 0 fully saturated rings. The molecule has 2 aromatic carbocycles. The van der Waals surface area contributed by atoms with Crippen molar-refractivity contribution in [3.63, 3.8) is 0 Å². The first-order chi connectivity index (χ1) is 10.3. The Bertz CT molecular complexity index is 562. The molecular formula is C18H22NS2+. The molecular weight excluding hydrogens is 294 g/mol. The molecule has 3 heteroatoms. The summed E-state index contributed by atoms with van der Waals surface area (Å²) < 4.78 is 0. The molecule has 0 aromatic heterocycles. The highest BCUT2D eigenvalue weighted by atomic mass is 32.2. The second-order valence-corrected chi connectivity index (χ2v) is 7.96. The third-order valence-electron chi connectivity index (χ3n) is 3.81. The highest BCUT2D eigenvalue weighted by Crippen LogP contribution is 2.45. The number of benzene rings is 2. The van der Waals surface area contributed by atoms with E-state index in [1.165, 1.54) is 38.8 Å². The topological polar surface area (TPSA) is 4.44 Å². The molecule has 0 saturated carbocycles. The zero-order valence-electron chi connectivity index (χ0n) is 12.6. The van der Waals surface area contributed by atoms with Crippen LogP contribution in [-0.2, 0) is 5.75 Å². The van der Waals surface area contributed by atoms with Gasteiger partial charge in [-0.25, -0.2) is 0 Å². The predicted octanol–water partition coefficient (Wildman–Crippen LogP) is 3.26. The maximum absolute atomic E-state index is 2.32. The Morgan fingerprint density at radius 2 is 1.76 bits per heavy atom. The normalized spacial score (nSPS) is 17.2. The van der Waals surface area contributed by atoms with Crippen LogP contribution in [-0.4, -0.2) is 26.4 Å². The van der Waals surface area contributed by atoms with Gasteiger partial charge >= 0.3 is 0 Å². The SMILES string of the molecule is C[NH+](C)CCS[C@@H]1c2ccccc2CSc2ccccc21. The number of nitrogens with one attached hydrogen (secondary N) is 1. The summed E-state index contributed by atoms with van der Waals surface area (Å²) in [5.41, 5.74) is 4.49. The van der Waals surface area contributed by atoms with Gasteiger partial charge in [0.05, 0.1) is 25.9 Å². The number of quaternary nitrogens is 1. The lowest BCUT2D eigenvalue weighted by molar-refractivity contribution is -0.855. The minimum Gasteiger partial charge on any atom is -0.339 e. The van der Waals surface area contributed by atoms with Crippen molar-refractivity contribution in [3.05, 3.63) is 65.2 Å². The summed E-state index contributed by atoms with van der Waals surface area (Å²) in [6, 6.07) is 17.9. The van der Waals surface area contributed by atoms with Crippen LogP contribution in [0.3, 0.4) is 0 Å². The first-order valence-electron chi connectivity index (χ1n) is 7.46. The molecule has 3 rings (SSSR count). The lowest BCUT2D eigenvalue weighted by Gasteiger charge is -2.20. The maximum atomic E-state index is 2.32. The van der Waals surface area contributed by atoms with Crippen LogP contribution < -0.4 is 4.90 Å². The van der Waals surface area contributed by atoms with Gasteiger partial charge in [0.1, 0.15) is 0 Å². The van der Waals surface area contributed by atoms with Crippen LogP contribution in [0.1, 0.15) is 21.9 Å². The molecule has 110 valence electrons. The van der Waals surface area contributed by atoms with Gasteiger partial charge in [0.2, 0.25) is 0 Å². The average Bonchev–Trinajstić information content (AvgIpc) is 2.65. The fraction of sp³-hybridized carbons (Fsp3) is 0.333. The lowest BCUT2D eigenvalue weighted by atomic mass is 10.0. The average molecular weight is 317 g/mol. The second-order valence-electron chi connectivity index (χ2n) is 5.73. The Labute approximate surface area is 136 Å². The van der Waals surface area contributed by atoms with Gasteiger partial charge < -0.3 is 4.90 Å². The van der Waals surface area contributed by atoms with Crippen molar-refractivity contribution < 1.29 is 4.90 Å². The van der Waals surface area contributed by atoms with Crippen LogP contribution in [0.15, 0.2) is 53.4 Å². The smallest absolute Gasteiger partial charge is 0.0859 e. The summed E-state index contributed by atoms with van der Waals surface area (Å²) in [5.74, 6) is 2.28. The van der Waals surface area contributed by atoms with E-state index in [1.807, 2.05) is 11.8 Å². The van der Waals surface area contributed by atoms with Gasteiger partial charge in [0.15, 0.2) is 0 Å². The predicted molar refractivity (Wildman–Crippen MR) is 94.4 cm³/mol. The van der Waals surface area contributed by atoms with Crippen molar-refractivity contribution in [3.8, 4) is 0 Å². The summed E-state index contributed by atoms with van der Waals surface area (Å²) in [5, 5.41) is 0.478. The minimum atomic E-state index is 0.478.